The summed E-state index contributed by atoms with van der Waals surface area (Å²) in [6.07, 6.45) is 0. The van der Waals surface area contributed by atoms with E-state index in [9.17, 15) is 8.42 Å². The Morgan fingerprint density at radius 1 is 1.14 bits per heavy atom. The van der Waals surface area contributed by atoms with Gasteiger partial charge in [0, 0.05) is 5.69 Å². The number of sulfonamides is 1. The van der Waals surface area contributed by atoms with Crippen LogP contribution in [0.15, 0.2) is 35.2 Å². The second-order valence-electron chi connectivity index (χ2n) is 4.99. The van der Waals surface area contributed by atoms with Crippen molar-refractivity contribution >= 4 is 10.0 Å². The minimum atomic E-state index is -3.72. The summed E-state index contributed by atoms with van der Waals surface area (Å²) in [6, 6.07) is 9.05. The van der Waals surface area contributed by atoms with Gasteiger partial charge in [-0.1, -0.05) is 6.07 Å². The Bertz CT molecular complexity index is 747. The highest BCUT2D eigenvalue weighted by molar-refractivity contribution is 7.89. The molecule has 6 heteroatoms. The van der Waals surface area contributed by atoms with Gasteiger partial charge in [0.25, 0.3) is 0 Å². The van der Waals surface area contributed by atoms with E-state index in [0.717, 1.165) is 11.4 Å². The lowest BCUT2D eigenvalue weighted by molar-refractivity contribution is 0.300. The minimum Gasteiger partial charge on any atom is -0.487 e. The second kappa shape index (κ2) is 5.83. The first-order valence-electron chi connectivity index (χ1n) is 6.47. The average molecular weight is 306 g/mol. The SMILES string of the molecule is Cc1cccc(COc2cc(C)c(S(N)(=O)=O)c(C)c2)n1. The van der Waals surface area contributed by atoms with Crippen LogP contribution in [-0.2, 0) is 16.6 Å². The van der Waals surface area contributed by atoms with Gasteiger partial charge in [-0.05, 0) is 56.2 Å². The Kier molecular flexibility index (Phi) is 4.29. The molecule has 0 saturated heterocycles. The molecule has 1 aromatic heterocycles. The molecule has 0 spiro atoms. The molecule has 0 aliphatic heterocycles. The van der Waals surface area contributed by atoms with E-state index in [0.29, 0.717) is 23.5 Å². The number of ether oxygens (including phenoxy) is 1. The third kappa shape index (κ3) is 3.80. The van der Waals surface area contributed by atoms with Crippen molar-refractivity contribution in [3.05, 3.63) is 52.8 Å². The van der Waals surface area contributed by atoms with Crippen molar-refractivity contribution in [1.29, 1.82) is 0 Å². The number of aromatic nitrogens is 1. The van der Waals surface area contributed by atoms with E-state index in [-0.39, 0.29) is 4.90 Å². The van der Waals surface area contributed by atoms with Crippen LogP contribution in [0.2, 0.25) is 0 Å². The molecule has 0 radical (unpaired) electrons. The number of primary sulfonamides is 1. The molecule has 1 aromatic carbocycles. The Morgan fingerprint density at radius 2 is 1.76 bits per heavy atom. The first kappa shape index (κ1) is 15.5. The van der Waals surface area contributed by atoms with Gasteiger partial charge in [0.2, 0.25) is 10.0 Å². The van der Waals surface area contributed by atoms with Gasteiger partial charge in [0.15, 0.2) is 0 Å². The number of hydrogen-bond acceptors (Lipinski definition) is 4. The smallest absolute Gasteiger partial charge is 0.238 e. The van der Waals surface area contributed by atoms with Crippen LogP contribution < -0.4 is 9.88 Å². The van der Waals surface area contributed by atoms with Gasteiger partial charge in [0.1, 0.15) is 12.4 Å². The van der Waals surface area contributed by atoms with E-state index in [1.54, 1.807) is 26.0 Å². The normalized spacial score (nSPS) is 11.4. The van der Waals surface area contributed by atoms with Crippen LogP contribution in [0, 0.1) is 20.8 Å². The first-order valence-corrected chi connectivity index (χ1v) is 8.01. The molecule has 1 heterocycles. The van der Waals surface area contributed by atoms with E-state index < -0.39 is 10.0 Å². The molecule has 0 aliphatic rings. The first-order chi connectivity index (χ1) is 9.77. The number of nitrogens with two attached hydrogens (primary N) is 1. The lowest BCUT2D eigenvalue weighted by Gasteiger charge is -2.12. The van der Waals surface area contributed by atoms with Crippen LogP contribution in [0.4, 0.5) is 0 Å². The summed E-state index contributed by atoms with van der Waals surface area (Å²) in [4.78, 5) is 4.51. The molecular weight excluding hydrogens is 288 g/mol. The standard InChI is InChI=1S/C15H18N2O3S/c1-10-7-14(8-11(2)15(10)21(16,18)19)20-9-13-6-4-5-12(3)17-13/h4-8H,9H2,1-3H3,(H2,16,18,19). The molecule has 2 aromatic rings. The maximum Gasteiger partial charge on any atom is 0.238 e. The molecule has 0 bridgehead atoms. The molecule has 0 amide bonds. The third-order valence-corrected chi connectivity index (χ3v) is 4.26. The summed E-state index contributed by atoms with van der Waals surface area (Å²) in [5.41, 5.74) is 2.89. The predicted octanol–water partition coefficient (Wildman–Crippen LogP) is 2.23. The molecular formula is C15H18N2O3S. The lowest BCUT2D eigenvalue weighted by Crippen LogP contribution is -2.15. The molecule has 0 saturated carbocycles. The van der Waals surface area contributed by atoms with Crippen molar-refractivity contribution in [3.63, 3.8) is 0 Å². The van der Waals surface area contributed by atoms with Crippen molar-refractivity contribution in [1.82, 2.24) is 4.98 Å². The van der Waals surface area contributed by atoms with E-state index in [1.807, 2.05) is 25.1 Å². The number of nitrogens with zero attached hydrogens (tertiary/aromatic N) is 1. The van der Waals surface area contributed by atoms with Crippen molar-refractivity contribution in [2.75, 3.05) is 0 Å². The van der Waals surface area contributed by atoms with Crippen LogP contribution in [0.1, 0.15) is 22.5 Å². The van der Waals surface area contributed by atoms with Crippen molar-refractivity contribution in [2.24, 2.45) is 5.14 Å². The van der Waals surface area contributed by atoms with Crippen LogP contribution in [0.3, 0.4) is 0 Å². The highest BCUT2D eigenvalue weighted by atomic mass is 32.2. The molecule has 0 unspecified atom stereocenters. The highest BCUT2D eigenvalue weighted by Gasteiger charge is 2.16. The van der Waals surface area contributed by atoms with Gasteiger partial charge in [-0.2, -0.15) is 0 Å². The zero-order valence-electron chi connectivity index (χ0n) is 12.3. The zero-order chi connectivity index (χ0) is 15.6. The van der Waals surface area contributed by atoms with Crippen molar-refractivity contribution in [2.45, 2.75) is 32.3 Å². The number of aryl methyl sites for hydroxylation is 3. The monoisotopic (exact) mass is 306 g/mol. The fourth-order valence-electron chi connectivity index (χ4n) is 2.28. The summed E-state index contributed by atoms with van der Waals surface area (Å²) < 4.78 is 28.7. The quantitative estimate of drug-likeness (QED) is 0.939. The van der Waals surface area contributed by atoms with Gasteiger partial charge in [-0.15, -0.1) is 0 Å². The number of benzene rings is 1. The fourth-order valence-corrected chi connectivity index (χ4v) is 3.30. The van der Waals surface area contributed by atoms with Crippen molar-refractivity contribution in [3.8, 4) is 5.75 Å². The van der Waals surface area contributed by atoms with Gasteiger partial charge in [-0.3, -0.25) is 4.98 Å². The van der Waals surface area contributed by atoms with E-state index in [2.05, 4.69) is 4.98 Å². The highest BCUT2D eigenvalue weighted by Crippen LogP contribution is 2.25. The number of hydrogen-bond donors (Lipinski definition) is 1. The van der Waals surface area contributed by atoms with Crippen LogP contribution in [0.25, 0.3) is 0 Å². The Balaban J connectivity index is 2.23. The maximum atomic E-state index is 11.5. The van der Waals surface area contributed by atoms with Gasteiger partial charge in [0.05, 0.1) is 10.6 Å². The summed E-state index contributed by atoms with van der Waals surface area (Å²) in [6.45, 7) is 5.64. The van der Waals surface area contributed by atoms with Crippen LogP contribution in [-0.4, -0.2) is 13.4 Å². The van der Waals surface area contributed by atoms with E-state index in [4.69, 9.17) is 9.88 Å². The number of pyridine rings is 1. The predicted molar refractivity (Wildman–Crippen MR) is 80.6 cm³/mol. The topological polar surface area (TPSA) is 82.3 Å². The summed E-state index contributed by atoms with van der Waals surface area (Å²) in [5, 5.41) is 5.21. The zero-order valence-corrected chi connectivity index (χ0v) is 13.1. The Labute approximate surface area is 124 Å². The third-order valence-electron chi connectivity index (χ3n) is 3.05. The van der Waals surface area contributed by atoms with Crippen LogP contribution >= 0.6 is 0 Å². The second-order valence-corrected chi connectivity index (χ2v) is 6.49. The molecule has 5 nitrogen and oxygen atoms in total. The summed E-state index contributed by atoms with van der Waals surface area (Å²) in [5.74, 6) is 0.598. The molecule has 112 valence electrons. The van der Waals surface area contributed by atoms with E-state index >= 15 is 0 Å². The molecule has 0 atom stereocenters. The van der Waals surface area contributed by atoms with Gasteiger partial charge in [-0.25, -0.2) is 13.6 Å². The van der Waals surface area contributed by atoms with Crippen LogP contribution in [0.5, 0.6) is 5.75 Å². The maximum absolute atomic E-state index is 11.5. The molecule has 21 heavy (non-hydrogen) atoms. The lowest BCUT2D eigenvalue weighted by atomic mass is 10.1. The minimum absolute atomic E-state index is 0.156. The number of rotatable bonds is 4. The largest absolute Gasteiger partial charge is 0.487 e. The average Bonchev–Trinajstić information content (AvgIpc) is 2.34. The molecule has 2 N–H and O–H groups in total. The fraction of sp³-hybridized carbons (Fsp3) is 0.267. The summed E-state index contributed by atoms with van der Waals surface area (Å²) in [7, 11) is -3.72. The molecule has 0 fully saturated rings. The van der Waals surface area contributed by atoms with Gasteiger partial charge < -0.3 is 4.74 Å². The Morgan fingerprint density at radius 3 is 2.29 bits per heavy atom. The molecule has 2 rings (SSSR count). The van der Waals surface area contributed by atoms with Gasteiger partial charge >= 0.3 is 0 Å². The summed E-state index contributed by atoms with van der Waals surface area (Å²) >= 11 is 0. The molecule has 0 aliphatic carbocycles. The van der Waals surface area contributed by atoms with E-state index in [1.165, 1.54) is 0 Å². The Hall–Kier alpha value is -1.92. The van der Waals surface area contributed by atoms with Crippen molar-refractivity contribution < 1.29 is 13.2 Å².